The number of piperazine rings is 1. The van der Waals surface area contributed by atoms with Crippen molar-refractivity contribution in [2.75, 3.05) is 50.6 Å². The van der Waals surface area contributed by atoms with Crippen molar-refractivity contribution in [3.63, 3.8) is 0 Å². The highest BCUT2D eigenvalue weighted by atomic mass is 16.5. The van der Waals surface area contributed by atoms with Gasteiger partial charge >= 0.3 is 0 Å². The second-order valence-electron chi connectivity index (χ2n) is 7.06. The van der Waals surface area contributed by atoms with Crippen LogP contribution in [0.15, 0.2) is 30.5 Å². The molecular weight excluding hydrogens is 342 g/mol. The summed E-state index contributed by atoms with van der Waals surface area (Å²) in [5.74, 6) is 1.46. The third-order valence-electron chi connectivity index (χ3n) is 4.92. The van der Waals surface area contributed by atoms with E-state index in [1.54, 1.807) is 13.3 Å². The fourth-order valence-corrected chi connectivity index (χ4v) is 3.32. The number of nitrogens with zero attached hydrogens (tertiary/aromatic N) is 5. The SMILES string of the molecule is COc1ccc(N2CCN(C(=O)c3cnc(N(C)C)nc3C)C(C)C2)cc1. The Morgan fingerprint density at radius 1 is 1.22 bits per heavy atom. The summed E-state index contributed by atoms with van der Waals surface area (Å²) >= 11 is 0. The Hall–Kier alpha value is -2.83. The minimum atomic E-state index is -0.000290. The first-order valence-electron chi connectivity index (χ1n) is 9.11. The van der Waals surface area contributed by atoms with E-state index >= 15 is 0 Å². The zero-order valence-electron chi connectivity index (χ0n) is 16.6. The lowest BCUT2D eigenvalue weighted by atomic mass is 10.1. The van der Waals surface area contributed by atoms with Gasteiger partial charge in [-0.05, 0) is 38.1 Å². The highest BCUT2D eigenvalue weighted by Gasteiger charge is 2.29. The lowest BCUT2D eigenvalue weighted by Crippen LogP contribution is -2.54. The Bertz CT molecular complexity index is 807. The Morgan fingerprint density at radius 3 is 2.48 bits per heavy atom. The summed E-state index contributed by atoms with van der Waals surface area (Å²) in [5.41, 5.74) is 2.43. The number of carbonyl (C=O) groups excluding carboxylic acids is 1. The van der Waals surface area contributed by atoms with Crippen LogP contribution in [0.2, 0.25) is 0 Å². The predicted octanol–water partition coefficient (Wildman–Crippen LogP) is 2.21. The second kappa shape index (κ2) is 7.82. The molecule has 1 saturated heterocycles. The van der Waals surface area contributed by atoms with Crippen LogP contribution in [0.4, 0.5) is 11.6 Å². The van der Waals surface area contributed by atoms with Crippen LogP contribution in [0.1, 0.15) is 23.0 Å². The van der Waals surface area contributed by atoms with Gasteiger partial charge in [0.25, 0.3) is 5.91 Å². The number of anilines is 2. The van der Waals surface area contributed by atoms with Gasteiger partial charge in [0.15, 0.2) is 0 Å². The minimum absolute atomic E-state index is 0.000290. The average Bonchev–Trinajstić information content (AvgIpc) is 2.67. The molecule has 0 radical (unpaired) electrons. The Morgan fingerprint density at radius 2 is 1.93 bits per heavy atom. The first-order valence-corrected chi connectivity index (χ1v) is 9.11. The van der Waals surface area contributed by atoms with Gasteiger partial charge in [0.05, 0.1) is 18.4 Å². The highest BCUT2D eigenvalue weighted by Crippen LogP contribution is 2.23. The molecule has 0 saturated carbocycles. The van der Waals surface area contributed by atoms with E-state index in [9.17, 15) is 4.79 Å². The van der Waals surface area contributed by atoms with Crippen LogP contribution in [0, 0.1) is 6.92 Å². The first-order chi connectivity index (χ1) is 12.9. The summed E-state index contributed by atoms with van der Waals surface area (Å²) < 4.78 is 5.22. The molecule has 1 aromatic heterocycles. The number of aromatic nitrogens is 2. The van der Waals surface area contributed by atoms with E-state index in [0.717, 1.165) is 24.5 Å². The molecule has 7 nitrogen and oxygen atoms in total. The van der Waals surface area contributed by atoms with Crippen molar-refractivity contribution in [1.29, 1.82) is 0 Å². The van der Waals surface area contributed by atoms with Crippen LogP contribution < -0.4 is 14.5 Å². The number of rotatable bonds is 4. The van der Waals surface area contributed by atoms with E-state index in [0.29, 0.717) is 23.8 Å². The summed E-state index contributed by atoms with van der Waals surface area (Å²) in [6, 6.07) is 8.14. The molecule has 144 valence electrons. The van der Waals surface area contributed by atoms with Gasteiger partial charge in [-0.25, -0.2) is 9.97 Å². The van der Waals surface area contributed by atoms with Gasteiger partial charge in [-0.3, -0.25) is 4.79 Å². The van der Waals surface area contributed by atoms with Crippen LogP contribution in [-0.4, -0.2) is 67.7 Å². The Labute approximate surface area is 160 Å². The fourth-order valence-electron chi connectivity index (χ4n) is 3.32. The molecule has 1 aromatic carbocycles. The number of ether oxygens (including phenoxy) is 1. The van der Waals surface area contributed by atoms with E-state index in [1.165, 1.54) is 0 Å². The van der Waals surface area contributed by atoms with Crippen LogP contribution in [0.3, 0.4) is 0 Å². The van der Waals surface area contributed by atoms with Crippen LogP contribution in [0.25, 0.3) is 0 Å². The smallest absolute Gasteiger partial charge is 0.257 e. The van der Waals surface area contributed by atoms with Gasteiger partial charge in [-0.1, -0.05) is 0 Å². The molecule has 1 aliphatic heterocycles. The van der Waals surface area contributed by atoms with Crippen LogP contribution in [0.5, 0.6) is 5.75 Å². The molecule has 0 aliphatic carbocycles. The van der Waals surface area contributed by atoms with Crippen molar-refractivity contribution in [2.24, 2.45) is 0 Å². The van der Waals surface area contributed by atoms with Crippen molar-refractivity contribution in [2.45, 2.75) is 19.9 Å². The fraction of sp³-hybridized carbons (Fsp3) is 0.450. The maximum Gasteiger partial charge on any atom is 0.257 e. The quantitative estimate of drug-likeness (QED) is 0.823. The summed E-state index contributed by atoms with van der Waals surface area (Å²) in [6.07, 6.45) is 1.64. The molecule has 2 heterocycles. The number of methoxy groups -OCH3 is 1. The van der Waals surface area contributed by atoms with Gasteiger partial charge in [-0.2, -0.15) is 0 Å². The topological polar surface area (TPSA) is 61.8 Å². The van der Waals surface area contributed by atoms with Crippen molar-refractivity contribution in [1.82, 2.24) is 14.9 Å². The largest absolute Gasteiger partial charge is 0.497 e. The molecule has 3 rings (SSSR count). The number of hydrogen-bond acceptors (Lipinski definition) is 6. The van der Waals surface area contributed by atoms with Crippen molar-refractivity contribution in [3.05, 3.63) is 41.7 Å². The second-order valence-corrected chi connectivity index (χ2v) is 7.06. The van der Waals surface area contributed by atoms with Crippen LogP contribution in [-0.2, 0) is 0 Å². The molecule has 0 spiro atoms. The number of amides is 1. The normalized spacial score (nSPS) is 17.0. The Balaban J connectivity index is 1.71. The van der Waals surface area contributed by atoms with E-state index < -0.39 is 0 Å². The van der Waals surface area contributed by atoms with Gasteiger partial charge in [0.1, 0.15) is 5.75 Å². The zero-order chi connectivity index (χ0) is 19.6. The monoisotopic (exact) mass is 369 g/mol. The molecule has 1 fully saturated rings. The summed E-state index contributed by atoms with van der Waals surface area (Å²) in [6.45, 7) is 6.19. The zero-order valence-corrected chi connectivity index (χ0v) is 16.6. The molecular formula is C20H27N5O2. The maximum absolute atomic E-state index is 13.0. The Kier molecular flexibility index (Phi) is 5.48. The van der Waals surface area contributed by atoms with Crippen molar-refractivity contribution < 1.29 is 9.53 Å². The van der Waals surface area contributed by atoms with E-state index in [2.05, 4.69) is 33.9 Å². The number of aryl methyl sites for hydroxylation is 1. The molecule has 1 unspecified atom stereocenters. The van der Waals surface area contributed by atoms with Gasteiger partial charge in [-0.15, -0.1) is 0 Å². The molecule has 2 aromatic rings. The summed E-state index contributed by atoms with van der Waals surface area (Å²) in [5, 5.41) is 0. The molecule has 1 aliphatic rings. The predicted molar refractivity (Wildman–Crippen MR) is 107 cm³/mol. The highest BCUT2D eigenvalue weighted by molar-refractivity contribution is 5.95. The van der Waals surface area contributed by atoms with E-state index in [-0.39, 0.29) is 11.9 Å². The van der Waals surface area contributed by atoms with Crippen molar-refractivity contribution in [3.8, 4) is 5.75 Å². The average molecular weight is 369 g/mol. The lowest BCUT2D eigenvalue weighted by Gasteiger charge is -2.41. The summed E-state index contributed by atoms with van der Waals surface area (Å²) in [7, 11) is 5.44. The third kappa shape index (κ3) is 3.97. The number of hydrogen-bond donors (Lipinski definition) is 0. The van der Waals surface area contributed by atoms with E-state index in [1.807, 2.05) is 43.0 Å². The lowest BCUT2D eigenvalue weighted by molar-refractivity contribution is 0.0672. The standard InChI is InChI=1S/C20H27N5O2/c1-14-13-24(16-6-8-17(27-5)9-7-16)10-11-25(14)19(26)18-12-21-20(23(3)4)22-15(18)2/h6-9,12,14H,10-11,13H2,1-5H3. The van der Waals surface area contributed by atoms with Gasteiger partial charge in [0.2, 0.25) is 5.95 Å². The van der Waals surface area contributed by atoms with Gasteiger partial charge < -0.3 is 19.4 Å². The molecule has 27 heavy (non-hydrogen) atoms. The summed E-state index contributed by atoms with van der Waals surface area (Å²) in [4.78, 5) is 27.8. The van der Waals surface area contributed by atoms with E-state index in [4.69, 9.17) is 4.74 Å². The first kappa shape index (κ1) is 18.9. The maximum atomic E-state index is 13.0. The molecule has 1 amide bonds. The number of carbonyl (C=O) groups is 1. The minimum Gasteiger partial charge on any atom is -0.497 e. The molecule has 0 N–H and O–H groups in total. The molecule has 0 bridgehead atoms. The number of benzene rings is 1. The molecule has 1 atom stereocenters. The molecule has 7 heteroatoms. The third-order valence-corrected chi connectivity index (χ3v) is 4.92. The van der Waals surface area contributed by atoms with Crippen LogP contribution >= 0.6 is 0 Å². The van der Waals surface area contributed by atoms with Gasteiger partial charge in [0, 0.05) is 51.7 Å². The van der Waals surface area contributed by atoms with Crippen molar-refractivity contribution >= 4 is 17.5 Å².